The van der Waals surface area contributed by atoms with Crippen LogP contribution in [0.5, 0.6) is 0 Å². The minimum absolute atomic E-state index is 0.435. The van der Waals surface area contributed by atoms with Crippen molar-refractivity contribution in [1.29, 1.82) is 0 Å². The summed E-state index contributed by atoms with van der Waals surface area (Å²) in [5, 5.41) is 3.74. The van der Waals surface area contributed by atoms with Gasteiger partial charge in [0.1, 0.15) is 0 Å². The van der Waals surface area contributed by atoms with Gasteiger partial charge in [0.2, 0.25) is 0 Å². The third-order valence-corrected chi connectivity index (χ3v) is 4.79. The Morgan fingerprint density at radius 3 is 2.50 bits per heavy atom. The SMILES string of the molecule is NC1CCC(NCc2ccccc2N2CCCC2)CC1. The minimum atomic E-state index is 0.435. The van der Waals surface area contributed by atoms with Gasteiger partial charge in [-0.2, -0.15) is 0 Å². The maximum Gasteiger partial charge on any atom is 0.0411 e. The molecule has 1 saturated carbocycles. The highest BCUT2D eigenvalue weighted by Crippen LogP contribution is 2.25. The Hall–Kier alpha value is -1.06. The second-order valence-electron chi connectivity index (χ2n) is 6.32. The summed E-state index contributed by atoms with van der Waals surface area (Å²) in [5.41, 5.74) is 8.86. The first-order valence-electron chi connectivity index (χ1n) is 8.15. The minimum Gasteiger partial charge on any atom is -0.371 e. The molecule has 0 bridgehead atoms. The van der Waals surface area contributed by atoms with E-state index in [4.69, 9.17) is 5.73 Å². The van der Waals surface area contributed by atoms with E-state index < -0.39 is 0 Å². The number of anilines is 1. The van der Waals surface area contributed by atoms with Crippen molar-refractivity contribution in [2.24, 2.45) is 5.73 Å². The Balaban J connectivity index is 1.59. The van der Waals surface area contributed by atoms with E-state index in [1.165, 1.54) is 62.9 Å². The first-order chi connectivity index (χ1) is 9.83. The standard InChI is InChI=1S/C17H27N3/c18-15-7-9-16(10-8-15)19-13-14-5-1-2-6-17(14)20-11-3-4-12-20/h1-2,5-6,15-16,19H,3-4,7-13,18H2. The van der Waals surface area contributed by atoms with E-state index in [-0.39, 0.29) is 0 Å². The second kappa shape index (κ2) is 6.59. The van der Waals surface area contributed by atoms with Crippen molar-refractivity contribution < 1.29 is 0 Å². The molecule has 1 saturated heterocycles. The number of hydrogen-bond donors (Lipinski definition) is 2. The van der Waals surface area contributed by atoms with Gasteiger partial charge in [0.25, 0.3) is 0 Å². The quantitative estimate of drug-likeness (QED) is 0.886. The Morgan fingerprint density at radius 1 is 1.05 bits per heavy atom. The highest BCUT2D eigenvalue weighted by atomic mass is 15.1. The highest BCUT2D eigenvalue weighted by Gasteiger charge is 2.19. The molecule has 0 atom stereocenters. The van der Waals surface area contributed by atoms with Crippen molar-refractivity contribution >= 4 is 5.69 Å². The molecule has 3 heteroatoms. The molecular formula is C17H27N3. The van der Waals surface area contributed by atoms with Gasteiger partial charge in [0.05, 0.1) is 0 Å². The fourth-order valence-corrected chi connectivity index (χ4v) is 3.50. The number of nitrogens with two attached hydrogens (primary N) is 1. The summed E-state index contributed by atoms with van der Waals surface area (Å²) in [4.78, 5) is 2.54. The monoisotopic (exact) mass is 273 g/mol. The van der Waals surface area contributed by atoms with Gasteiger partial charge >= 0.3 is 0 Å². The van der Waals surface area contributed by atoms with Gasteiger partial charge in [-0.25, -0.2) is 0 Å². The Bertz CT molecular complexity index is 418. The normalized spacial score (nSPS) is 26.9. The fourth-order valence-electron chi connectivity index (χ4n) is 3.50. The lowest BCUT2D eigenvalue weighted by molar-refractivity contribution is 0.342. The zero-order valence-corrected chi connectivity index (χ0v) is 12.4. The van der Waals surface area contributed by atoms with Crippen molar-refractivity contribution in [3.05, 3.63) is 29.8 Å². The Morgan fingerprint density at radius 2 is 1.75 bits per heavy atom. The Kier molecular flexibility index (Phi) is 4.58. The van der Waals surface area contributed by atoms with Crippen LogP contribution >= 0.6 is 0 Å². The number of benzene rings is 1. The van der Waals surface area contributed by atoms with E-state index in [1.807, 2.05) is 0 Å². The van der Waals surface area contributed by atoms with Crippen molar-refractivity contribution in [2.45, 2.75) is 57.2 Å². The summed E-state index contributed by atoms with van der Waals surface area (Å²) in [6.07, 6.45) is 7.47. The van der Waals surface area contributed by atoms with Gasteiger partial charge in [-0.15, -0.1) is 0 Å². The molecule has 3 nitrogen and oxygen atoms in total. The van der Waals surface area contributed by atoms with E-state index >= 15 is 0 Å². The summed E-state index contributed by atoms with van der Waals surface area (Å²) < 4.78 is 0. The van der Waals surface area contributed by atoms with Crippen molar-refractivity contribution in [3.8, 4) is 0 Å². The average molecular weight is 273 g/mol. The first-order valence-corrected chi connectivity index (χ1v) is 8.15. The molecule has 2 fully saturated rings. The summed E-state index contributed by atoms with van der Waals surface area (Å²) in [6.45, 7) is 3.43. The fraction of sp³-hybridized carbons (Fsp3) is 0.647. The molecule has 3 N–H and O–H groups in total. The molecule has 0 aromatic heterocycles. The summed E-state index contributed by atoms with van der Waals surface area (Å²) >= 11 is 0. The predicted molar refractivity (Wildman–Crippen MR) is 85.0 cm³/mol. The summed E-state index contributed by atoms with van der Waals surface area (Å²) in [7, 11) is 0. The molecule has 1 heterocycles. The summed E-state index contributed by atoms with van der Waals surface area (Å²) in [5.74, 6) is 0. The summed E-state index contributed by atoms with van der Waals surface area (Å²) in [6, 6.07) is 9.96. The molecule has 0 spiro atoms. The van der Waals surface area contributed by atoms with Gasteiger partial charge in [-0.3, -0.25) is 0 Å². The molecule has 20 heavy (non-hydrogen) atoms. The number of nitrogens with one attached hydrogen (secondary N) is 1. The van der Waals surface area contributed by atoms with E-state index in [1.54, 1.807) is 0 Å². The van der Waals surface area contributed by atoms with Gasteiger partial charge in [-0.1, -0.05) is 18.2 Å². The molecule has 0 amide bonds. The molecule has 1 aliphatic carbocycles. The van der Waals surface area contributed by atoms with Crippen LogP contribution in [0, 0.1) is 0 Å². The molecule has 3 rings (SSSR count). The number of para-hydroxylation sites is 1. The van der Waals surface area contributed by atoms with E-state index in [0.29, 0.717) is 12.1 Å². The number of hydrogen-bond acceptors (Lipinski definition) is 3. The topological polar surface area (TPSA) is 41.3 Å². The van der Waals surface area contributed by atoms with Crippen LogP contribution in [0.4, 0.5) is 5.69 Å². The van der Waals surface area contributed by atoms with Crippen LogP contribution in [0.25, 0.3) is 0 Å². The maximum absolute atomic E-state index is 5.98. The second-order valence-corrected chi connectivity index (χ2v) is 6.32. The zero-order valence-electron chi connectivity index (χ0n) is 12.4. The lowest BCUT2D eigenvalue weighted by Gasteiger charge is -2.28. The first kappa shape index (κ1) is 13.9. The number of rotatable bonds is 4. The zero-order chi connectivity index (χ0) is 13.8. The van der Waals surface area contributed by atoms with Crippen molar-refractivity contribution in [1.82, 2.24) is 5.32 Å². The van der Waals surface area contributed by atoms with Crippen LogP contribution in [-0.2, 0) is 6.54 Å². The molecule has 0 radical (unpaired) electrons. The molecule has 0 unspecified atom stereocenters. The lowest BCUT2D eigenvalue weighted by atomic mass is 9.91. The van der Waals surface area contributed by atoms with Gasteiger partial charge in [0.15, 0.2) is 0 Å². The van der Waals surface area contributed by atoms with Crippen LogP contribution in [0.2, 0.25) is 0 Å². The maximum atomic E-state index is 5.98. The average Bonchev–Trinajstić information content (AvgIpc) is 3.01. The van der Waals surface area contributed by atoms with Crippen LogP contribution in [0.3, 0.4) is 0 Å². The van der Waals surface area contributed by atoms with E-state index in [0.717, 1.165) is 6.54 Å². The van der Waals surface area contributed by atoms with Gasteiger partial charge in [0, 0.05) is 37.4 Å². The smallest absolute Gasteiger partial charge is 0.0411 e. The molecular weight excluding hydrogens is 246 g/mol. The molecule has 1 aromatic rings. The van der Waals surface area contributed by atoms with Crippen molar-refractivity contribution in [3.63, 3.8) is 0 Å². The van der Waals surface area contributed by atoms with E-state index in [9.17, 15) is 0 Å². The largest absolute Gasteiger partial charge is 0.371 e. The lowest BCUT2D eigenvalue weighted by Crippen LogP contribution is -2.37. The Labute approximate surface area is 122 Å². The van der Waals surface area contributed by atoms with Gasteiger partial charge in [-0.05, 0) is 50.2 Å². The molecule has 1 aliphatic heterocycles. The van der Waals surface area contributed by atoms with Crippen LogP contribution in [0.1, 0.15) is 44.1 Å². The highest BCUT2D eigenvalue weighted by molar-refractivity contribution is 5.54. The molecule has 2 aliphatic rings. The predicted octanol–water partition coefficient (Wildman–Crippen LogP) is 2.65. The number of nitrogens with zero attached hydrogens (tertiary/aromatic N) is 1. The van der Waals surface area contributed by atoms with Crippen LogP contribution in [-0.4, -0.2) is 25.2 Å². The third kappa shape index (κ3) is 3.33. The third-order valence-electron chi connectivity index (χ3n) is 4.79. The molecule has 110 valence electrons. The van der Waals surface area contributed by atoms with Crippen molar-refractivity contribution in [2.75, 3.05) is 18.0 Å². The van der Waals surface area contributed by atoms with Gasteiger partial charge < -0.3 is 16.0 Å². The van der Waals surface area contributed by atoms with E-state index in [2.05, 4.69) is 34.5 Å². The molecule has 1 aromatic carbocycles. The van der Waals surface area contributed by atoms with Crippen LogP contribution in [0.15, 0.2) is 24.3 Å². The van der Waals surface area contributed by atoms with Crippen LogP contribution < -0.4 is 16.0 Å².